The van der Waals surface area contributed by atoms with Gasteiger partial charge in [0.25, 0.3) is 5.91 Å². The van der Waals surface area contributed by atoms with Crippen molar-refractivity contribution in [3.8, 4) is 11.3 Å². The first kappa shape index (κ1) is 16.7. The van der Waals surface area contributed by atoms with Crippen LogP contribution in [0.2, 0.25) is 5.02 Å². The van der Waals surface area contributed by atoms with Crippen LogP contribution in [-0.2, 0) is 11.2 Å². The average Bonchev–Trinajstić information content (AvgIpc) is 3.11. The van der Waals surface area contributed by atoms with Crippen LogP contribution in [0, 0.1) is 0 Å². The molecule has 3 amide bonds. The fraction of sp³-hybridized carbons (Fsp3) is 0.118. The highest BCUT2D eigenvalue weighted by Gasteiger charge is 2.32. The predicted molar refractivity (Wildman–Crippen MR) is 95.3 cm³/mol. The molecule has 0 saturated carbocycles. The van der Waals surface area contributed by atoms with Crippen LogP contribution in [0.4, 0.5) is 4.79 Å². The third-order valence-electron chi connectivity index (χ3n) is 3.47. The van der Waals surface area contributed by atoms with E-state index < -0.39 is 11.9 Å². The number of hydrogen-bond acceptors (Lipinski definition) is 3. The highest BCUT2D eigenvalue weighted by atomic mass is 79.9. The molecule has 0 fully saturated rings. The second-order valence-electron chi connectivity index (χ2n) is 5.12. The zero-order valence-corrected chi connectivity index (χ0v) is 14.8. The minimum absolute atomic E-state index is 0.144. The van der Waals surface area contributed by atoms with Crippen LogP contribution >= 0.6 is 27.5 Å². The van der Waals surface area contributed by atoms with Gasteiger partial charge in [-0.15, -0.1) is 6.58 Å². The Hall–Kier alpha value is -2.18. The molecule has 1 aliphatic heterocycles. The Morgan fingerprint density at radius 3 is 2.79 bits per heavy atom. The van der Waals surface area contributed by atoms with Gasteiger partial charge in [0.15, 0.2) is 0 Å². The zero-order chi connectivity index (χ0) is 17.3. The number of carbonyl (C=O) groups excluding carboxylic acids is 2. The third-order valence-corrected chi connectivity index (χ3v) is 4.71. The minimum atomic E-state index is -0.568. The van der Waals surface area contributed by atoms with E-state index in [1.54, 1.807) is 18.2 Å². The van der Waals surface area contributed by atoms with Crippen molar-refractivity contribution in [3.05, 3.63) is 58.2 Å². The molecule has 0 unspecified atom stereocenters. The summed E-state index contributed by atoms with van der Waals surface area (Å²) < 4.78 is 6.55. The summed E-state index contributed by atoms with van der Waals surface area (Å²) in [6, 6.07) is 8.45. The van der Waals surface area contributed by atoms with E-state index in [1.807, 2.05) is 12.1 Å². The largest absolute Gasteiger partial charge is 0.461 e. The average molecular weight is 408 g/mol. The Balaban J connectivity index is 1.78. The van der Waals surface area contributed by atoms with Gasteiger partial charge in [-0.2, -0.15) is 4.99 Å². The van der Waals surface area contributed by atoms with Crippen molar-refractivity contribution in [2.45, 2.75) is 6.42 Å². The molecule has 0 aliphatic carbocycles. The number of benzene rings is 1. The molecule has 0 spiro atoms. The summed E-state index contributed by atoms with van der Waals surface area (Å²) in [5.41, 5.74) is 0.982. The molecule has 24 heavy (non-hydrogen) atoms. The Morgan fingerprint density at radius 2 is 2.08 bits per heavy atom. The Bertz CT molecular complexity index is 872. The van der Waals surface area contributed by atoms with Gasteiger partial charge in [0.1, 0.15) is 17.2 Å². The van der Waals surface area contributed by atoms with Crippen molar-refractivity contribution in [2.75, 3.05) is 6.54 Å². The maximum atomic E-state index is 12.1. The maximum absolute atomic E-state index is 12.1. The highest BCUT2D eigenvalue weighted by Crippen LogP contribution is 2.30. The third kappa shape index (κ3) is 3.20. The highest BCUT2D eigenvalue weighted by molar-refractivity contribution is 9.10. The molecule has 0 saturated heterocycles. The van der Waals surface area contributed by atoms with Crippen LogP contribution in [0.25, 0.3) is 11.3 Å². The molecule has 1 aliphatic rings. The van der Waals surface area contributed by atoms with Gasteiger partial charge < -0.3 is 4.42 Å². The van der Waals surface area contributed by atoms with E-state index in [1.165, 1.54) is 6.08 Å². The molecular weight excluding hydrogens is 396 g/mol. The first-order chi connectivity index (χ1) is 11.5. The van der Waals surface area contributed by atoms with Gasteiger partial charge in [-0.1, -0.05) is 23.7 Å². The zero-order valence-electron chi connectivity index (χ0n) is 12.5. The number of hydrogen-bond donors (Lipinski definition) is 0. The molecule has 0 bridgehead atoms. The second-order valence-corrected chi connectivity index (χ2v) is 6.38. The van der Waals surface area contributed by atoms with Crippen LogP contribution in [0.5, 0.6) is 0 Å². The number of imide groups is 1. The van der Waals surface area contributed by atoms with Crippen molar-refractivity contribution in [2.24, 2.45) is 4.99 Å². The van der Waals surface area contributed by atoms with E-state index in [2.05, 4.69) is 27.5 Å². The summed E-state index contributed by atoms with van der Waals surface area (Å²) in [6.07, 6.45) is 1.64. The first-order valence-electron chi connectivity index (χ1n) is 7.08. The lowest BCUT2D eigenvalue weighted by atomic mass is 10.2. The van der Waals surface area contributed by atoms with Crippen molar-refractivity contribution in [1.29, 1.82) is 0 Å². The quantitative estimate of drug-likeness (QED) is 0.686. The van der Waals surface area contributed by atoms with Gasteiger partial charge in [0.05, 0.1) is 11.4 Å². The predicted octanol–water partition coefficient (Wildman–Crippen LogP) is 4.49. The summed E-state index contributed by atoms with van der Waals surface area (Å²) in [5, 5.41) is 0.575. The molecule has 3 rings (SSSR count). The van der Waals surface area contributed by atoms with Crippen LogP contribution < -0.4 is 0 Å². The molecule has 122 valence electrons. The van der Waals surface area contributed by atoms with Gasteiger partial charge in [0, 0.05) is 16.6 Å². The molecular formula is C17H12BrClN2O3. The van der Waals surface area contributed by atoms with Gasteiger partial charge >= 0.3 is 6.03 Å². The number of carbonyl (C=O) groups is 2. The standard InChI is InChI=1S/C17H12BrClN2O3/c1-2-7-21-16(22)14(20-17(21)23)9-11-4-6-15(24-11)10-3-5-12(18)13(19)8-10/h2-6,8H,1,7,9H2. The molecule has 1 aromatic heterocycles. The Morgan fingerprint density at radius 1 is 1.29 bits per heavy atom. The number of furan rings is 1. The molecule has 1 aromatic carbocycles. The number of nitrogens with zero attached hydrogens (tertiary/aromatic N) is 2. The van der Waals surface area contributed by atoms with Gasteiger partial charge in [-0.25, -0.2) is 4.79 Å². The molecule has 0 N–H and O–H groups in total. The minimum Gasteiger partial charge on any atom is -0.461 e. The molecule has 2 aromatic rings. The maximum Gasteiger partial charge on any atom is 0.351 e. The van der Waals surface area contributed by atoms with Gasteiger partial charge in [-0.05, 0) is 40.2 Å². The van der Waals surface area contributed by atoms with Crippen LogP contribution in [0.1, 0.15) is 5.76 Å². The SMILES string of the molecule is C=CCN1C(=O)N=C(Cc2ccc(-c3ccc(Br)c(Cl)c3)o2)C1=O. The molecule has 5 nitrogen and oxygen atoms in total. The normalized spacial score (nSPS) is 14.2. The van der Waals surface area contributed by atoms with Gasteiger partial charge in [0.2, 0.25) is 0 Å². The summed E-state index contributed by atoms with van der Waals surface area (Å²) >= 11 is 9.42. The van der Waals surface area contributed by atoms with E-state index in [9.17, 15) is 9.59 Å². The lowest BCUT2D eigenvalue weighted by Gasteiger charge is -2.08. The summed E-state index contributed by atoms with van der Waals surface area (Å²) in [7, 11) is 0. The lowest BCUT2D eigenvalue weighted by molar-refractivity contribution is -0.120. The summed E-state index contributed by atoms with van der Waals surface area (Å²) in [5.74, 6) is 0.758. The van der Waals surface area contributed by atoms with E-state index in [4.69, 9.17) is 16.0 Å². The fourth-order valence-corrected chi connectivity index (χ4v) is 2.74. The summed E-state index contributed by atoms with van der Waals surface area (Å²) in [4.78, 5) is 28.7. The van der Waals surface area contributed by atoms with E-state index in [-0.39, 0.29) is 18.7 Å². The van der Waals surface area contributed by atoms with E-state index >= 15 is 0 Å². The van der Waals surface area contributed by atoms with Crippen molar-refractivity contribution < 1.29 is 14.0 Å². The Labute approximate surface area is 151 Å². The number of aliphatic imine (C=N–C) groups is 1. The van der Waals surface area contributed by atoms with Crippen LogP contribution in [0.3, 0.4) is 0 Å². The molecule has 0 radical (unpaired) electrons. The molecule has 7 heteroatoms. The number of rotatable bonds is 5. The molecule has 0 atom stereocenters. The smallest absolute Gasteiger partial charge is 0.351 e. The second kappa shape index (κ2) is 6.75. The van der Waals surface area contributed by atoms with E-state index in [0.29, 0.717) is 16.5 Å². The first-order valence-corrected chi connectivity index (χ1v) is 8.25. The van der Waals surface area contributed by atoms with E-state index in [0.717, 1.165) is 14.9 Å². The number of halogens is 2. The lowest BCUT2D eigenvalue weighted by Crippen LogP contribution is -2.33. The van der Waals surface area contributed by atoms with Crippen molar-refractivity contribution >= 4 is 45.2 Å². The summed E-state index contributed by atoms with van der Waals surface area (Å²) in [6.45, 7) is 3.67. The number of amides is 3. The van der Waals surface area contributed by atoms with Crippen LogP contribution in [0.15, 0.2) is 56.9 Å². The van der Waals surface area contributed by atoms with Crippen LogP contribution in [-0.4, -0.2) is 29.1 Å². The number of urea groups is 1. The Kier molecular flexibility index (Phi) is 4.69. The van der Waals surface area contributed by atoms with Crippen molar-refractivity contribution in [1.82, 2.24) is 4.90 Å². The molecule has 2 heterocycles. The topological polar surface area (TPSA) is 62.9 Å². The monoisotopic (exact) mass is 406 g/mol. The fourth-order valence-electron chi connectivity index (χ4n) is 2.31. The van der Waals surface area contributed by atoms with Crippen molar-refractivity contribution in [3.63, 3.8) is 0 Å². The van der Waals surface area contributed by atoms with Gasteiger partial charge in [-0.3, -0.25) is 9.69 Å².